The fourth-order valence-corrected chi connectivity index (χ4v) is 1.09. The number of carbonyl (C=O) groups is 1. The van der Waals surface area contributed by atoms with Gasteiger partial charge in [0.15, 0.2) is 11.5 Å². The lowest BCUT2D eigenvalue weighted by molar-refractivity contribution is 0.201. The van der Waals surface area contributed by atoms with E-state index in [9.17, 15) is 4.79 Å². The van der Waals surface area contributed by atoms with Gasteiger partial charge in [0.1, 0.15) is 0 Å². The van der Waals surface area contributed by atoms with Crippen molar-refractivity contribution in [1.29, 1.82) is 0 Å². The summed E-state index contributed by atoms with van der Waals surface area (Å²) in [4.78, 5) is 11.3. The monoisotopic (exact) mass is 221 g/mol. The van der Waals surface area contributed by atoms with E-state index >= 15 is 0 Å². The number of allylic oxidation sites excluding steroid dienone is 1. The van der Waals surface area contributed by atoms with Crippen LogP contribution in [0.4, 0.5) is 4.79 Å². The lowest BCUT2D eigenvalue weighted by Gasteiger charge is -2.09. The van der Waals surface area contributed by atoms with Gasteiger partial charge < -0.3 is 9.47 Å². The minimum Gasteiger partial charge on any atom is -0.490 e. The molecule has 0 unspecified atom stereocenters. The summed E-state index contributed by atoms with van der Waals surface area (Å²) in [5.74, 6) is 0.965. The van der Waals surface area contributed by atoms with Crippen molar-refractivity contribution >= 4 is 6.09 Å². The van der Waals surface area contributed by atoms with Crippen LogP contribution in [0.1, 0.15) is 13.8 Å². The Morgan fingerprint density at radius 1 is 1.38 bits per heavy atom. The van der Waals surface area contributed by atoms with Gasteiger partial charge in [-0.2, -0.15) is 0 Å². The Balaban J connectivity index is 2.68. The van der Waals surface area contributed by atoms with E-state index in [1.165, 1.54) is 6.20 Å². The molecule has 0 saturated carbocycles. The lowest BCUT2D eigenvalue weighted by Crippen LogP contribution is -2.21. The third-order valence-corrected chi connectivity index (χ3v) is 1.72. The van der Waals surface area contributed by atoms with Gasteiger partial charge in [0.2, 0.25) is 0 Å². The van der Waals surface area contributed by atoms with Crippen molar-refractivity contribution in [2.75, 3.05) is 6.61 Å². The Kier molecular flexibility index (Phi) is 4.92. The van der Waals surface area contributed by atoms with E-state index in [1.807, 2.05) is 13.0 Å². The van der Waals surface area contributed by atoms with E-state index < -0.39 is 6.09 Å². The first-order valence-corrected chi connectivity index (χ1v) is 5.09. The average Bonchev–Trinajstić information content (AvgIpc) is 2.29. The smallest absolute Gasteiger partial charge is 0.416 e. The second kappa shape index (κ2) is 6.50. The maximum Gasteiger partial charge on any atom is 0.416 e. The van der Waals surface area contributed by atoms with Gasteiger partial charge in [0, 0.05) is 6.20 Å². The summed E-state index contributed by atoms with van der Waals surface area (Å²) in [5.41, 5.74) is 0. The lowest BCUT2D eigenvalue weighted by atomic mass is 10.3. The van der Waals surface area contributed by atoms with E-state index in [0.29, 0.717) is 18.1 Å². The molecular formula is C12H15NO3. The van der Waals surface area contributed by atoms with Crippen molar-refractivity contribution in [2.24, 2.45) is 0 Å². The number of hydrogen-bond donors (Lipinski definition) is 1. The average molecular weight is 221 g/mol. The van der Waals surface area contributed by atoms with E-state index in [4.69, 9.17) is 9.47 Å². The SMILES string of the molecule is CC=CNC(=O)Oc1ccccc1OCC. The highest BCUT2D eigenvalue weighted by Gasteiger charge is 2.07. The molecule has 0 aromatic heterocycles. The van der Waals surface area contributed by atoms with Crippen molar-refractivity contribution in [2.45, 2.75) is 13.8 Å². The van der Waals surface area contributed by atoms with Crippen LogP contribution >= 0.6 is 0 Å². The van der Waals surface area contributed by atoms with Crippen LogP contribution in [0.3, 0.4) is 0 Å². The third kappa shape index (κ3) is 3.65. The largest absolute Gasteiger partial charge is 0.490 e. The molecule has 0 bridgehead atoms. The first kappa shape index (κ1) is 12.1. The zero-order valence-corrected chi connectivity index (χ0v) is 9.40. The number of amides is 1. The summed E-state index contributed by atoms with van der Waals surface area (Å²) in [6, 6.07) is 7.03. The molecule has 16 heavy (non-hydrogen) atoms. The van der Waals surface area contributed by atoms with Crippen molar-refractivity contribution < 1.29 is 14.3 Å². The van der Waals surface area contributed by atoms with Crippen LogP contribution in [0.2, 0.25) is 0 Å². The molecule has 0 aliphatic carbocycles. The van der Waals surface area contributed by atoms with Crippen LogP contribution in [0.5, 0.6) is 11.5 Å². The molecule has 0 fully saturated rings. The van der Waals surface area contributed by atoms with Crippen LogP contribution in [-0.2, 0) is 0 Å². The molecule has 1 N–H and O–H groups in total. The molecule has 0 saturated heterocycles. The molecule has 4 nitrogen and oxygen atoms in total. The maximum absolute atomic E-state index is 11.3. The summed E-state index contributed by atoms with van der Waals surface area (Å²) >= 11 is 0. The quantitative estimate of drug-likeness (QED) is 0.850. The molecule has 0 heterocycles. The molecular weight excluding hydrogens is 206 g/mol. The topological polar surface area (TPSA) is 47.6 Å². The summed E-state index contributed by atoms with van der Waals surface area (Å²) in [7, 11) is 0. The molecule has 0 atom stereocenters. The Morgan fingerprint density at radius 2 is 2.06 bits per heavy atom. The molecule has 1 rings (SSSR count). The Morgan fingerprint density at radius 3 is 2.69 bits per heavy atom. The van der Waals surface area contributed by atoms with Crippen molar-refractivity contribution in [3.05, 3.63) is 36.5 Å². The molecule has 1 aromatic carbocycles. The highest BCUT2D eigenvalue weighted by Crippen LogP contribution is 2.26. The third-order valence-electron chi connectivity index (χ3n) is 1.72. The molecule has 1 amide bonds. The second-order valence-corrected chi connectivity index (χ2v) is 2.91. The van der Waals surface area contributed by atoms with Crippen molar-refractivity contribution in [1.82, 2.24) is 5.32 Å². The zero-order chi connectivity index (χ0) is 11.8. The van der Waals surface area contributed by atoms with E-state index in [0.717, 1.165) is 0 Å². The normalized spacial score (nSPS) is 10.1. The summed E-state index contributed by atoms with van der Waals surface area (Å²) in [6.45, 7) is 4.20. The molecule has 86 valence electrons. The van der Waals surface area contributed by atoms with Gasteiger partial charge in [-0.3, -0.25) is 5.32 Å². The van der Waals surface area contributed by atoms with Gasteiger partial charge in [-0.1, -0.05) is 18.2 Å². The van der Waals surface area contributed by atoms with E-state index in [-0.39, 0.29) is 0 Å². The number of rotatable bonds is 4. The van der Waals surface area contributed by atoms with Gasteiger partial charge >= 0.3 is 6.09 Å². The van der Waals surface area contributed by atoms with Gasteiger partial charge in [0.05, 0.1) is 6.61 Å². The molecule has 4 heteroatoms. The highest BCUT2D eigenvalue weighted by atomic mass is 16.6. The number of para-hydroxylation sites is 2. The Hall–Kier alpha value is -1.97. The summed E-state index contributed by atoms with van der Waals surface area (Å²) in [6.07, 6.45) is 2.67. The van der Waals surface area contributed by atoms with Gasteiger partial charge in [0.25, 0.3) is 0 Å². The Labute approximate surface area is 94.9 Å². The fourth-order valence-electron chi connectivity index (χ4n) is 1.09. The number of ether oxygens (including phenoxy) is 2. The van der Waals surface area contributed by atoms with Crippen LogP contribution in [-0.4, -0.2) is 12.7 Å². The van der Waals surface area contributed by atoms with Crippen LogP contribution in [0, 0.1) is 0 Å². The minimum absolute atomic E-state index is 0.409. The number of benzene rings is 1. The standard InChI is InChI=1S/C12H15NO3/c1-3-9-13-12(14)16-11-8-6-5-7-10(11)15-4-2/h3,5-9H,4H2,1-2H3,(H,13,14). The number of carbonyl (C=O) groups excluding carboxylic acids is 1. The second-order valence-electron chi connectivity index (χ2n) is 2.91. The van der Waals surface area contributed by atoms with Gasteiger partial charge in [-0.25, -0.2) is 4.79 Å². The molecule has 0 aliphatic heterocycles. The molecule has 0 radical (unpaired) electrons. The number of hydrogen-bond acceptors (Lipinski definition) is 3. The highest BCUT2D eigenvalue weighted by molar-refractivity contribution is 5.72. The maximum atomic E-state index is 11.3. The van der Waals surface area contributed by atoms with E-state index in [1.54, 1.807) is 31.2 Å². The van der Waals surface area contributed by atoms with Crippen LogP contribution in [0.15, 0.2) is 36.5 Å². The molecule has 0 spiro atoms. The zero-order valence-electron chi connectivity index (χ0n) is 9.40. The minimum atomic E-state index is -0.537. The predicted molar refractivity (Wildman–Crippen MR) is 61.6 cm³/mol. The van der Waals surface area contributed by atoms with Gasteiger partial charge in [-0.15, -0.1) is 0 Å². The van der Waals surface area contributed by atoms with Crippen molar-refractivity contribution in [3.8, 4) is 11.5 Å². The number of nitrogens with one attached hydrogen (secondary N) is 1. The van der Waals surface area contributed by atoms with Crippen LogP contribution < -0.4 is 14.8 Å². The first-order valence-electron chi connectivity index (χ1n) is 5.09. The van der Waals surface area contributed by atoms with Crippen molar-refractivity contribution in [3.63, 3.8) is 0 Å². The first-order chi connectivity index (χ1) is 7.77. The fraction of sp³-hybridized carbons (Fsp3) is 0.250. The van der Waals surface area contributed by atoms with Gasteiger partial charge in [-0.05, 0) is 26.0 Å². The summed E-state index contributed by atoms with van der Waals surface area (Å²) in [5, 5.41) is 2.45. The molecule has 0 aliphatic rings. The van der Waals surface area contributed by atoms with E-state index in [2.05, 4.69) is 5.32 Å². The van der Waals surface area contributed by atoms with Crippen LogP contribution in [0.25, 0.3) is 0 Å². The Bertz CT molecular complexity index is 374. The predicted octanol–water partition coefficient (Wildman–Crippen LogP) is 2.71. The molecule has 1 aromatic rings. The summed E-state index contributed by atoms with van der Waals surface area (Å²) < 4.78 is 10.4.